The monoisotopic (exact) mass is 274 g/mol. The van der Waals surface area contributed by atoms with Crippen LogP contribution in [0.4, 0.5) is 11.4 Å². The van der Waals surface area contributed by atoms with Gasteiger partial charge in [0.25, 0.3) is 0 Å². The van der Waals surface area contributed by atoms with Crippen LogP contribution >= 0.6 is 0 Å². The highest BCUT2D eigenvalue weighted by molar-refractivity contribution is 6.05. The lowest BCUT2D eigenvalue weighted by atomic mass is 10.0. The third kappa shape index (κ3) is 2.69. The molecule has 0 aliphatic carbocycles. The van der Waals surface area contributed by atoms with E-state index in [2.05, 4.69) is 5.32 Å². The number of hydrogen-bond acceptors (Lipinski definition) is 2. The largest absolute Gasteiger partial charge is 0.324 e. The molecule has 1 aliphatic rings. The van der Waals surface area contributed by atoms with Crippen molar-refractivity contribution >= 4 is 23.2 Å². The van der Waals surface area contributed by atoms with E-state index in [4.69, 9.17) is 0 Å². The van der Waals surface area contributed by atoms with E-state index < -0.39 is 0 Å². The van der Waals surface area contributed by atoms with E-state index in [1.54, 1.807) is 4.90 Å². The van der Waals surface area contributed by atoms with Crippen molar-refractivity contribution in [2.45, 2.75) is 33.6 Å². The van der Waals surface area contributed by atoms with Gasteiger partial charge in [-0.3, -0.25) is 9.59 Å². The highest BCUT2D eigenvalue weighted by Crippen LogP contribution is 2.31. The normalized spacial score (nSPS) is 18.5. The van der Waals surface area contributed by atoms with E-state index in [1.807, 2.05) is 45.0 Å². The predicted octanol–water partition coefficient (Wildman–Crippen LogP) is 3.04. The molecule has 0 saturated carbocycles. The number of nitrogens with one attached hydrogen (secondary N) is 1. The van der Waals surface area contributed by atoms with Crippen molar-refractivity contribution in [1.29, 1.82) is 0 Å². The van der Waals surface area contributed by atoms with E-state index in [-0.39, 0.29) is 23.7 Å². The summed E-state index contributed by atoms with van der Waals surface area (Å²) in [6.45, 7) is 6.36. The maximum absolute atomic E-state index is 12.7. The Morgan fingerprint density at radius 1 is 1.35 bits per heavy atom. The van der Waals surface area contributed by atoms with Gasteiger partial charge < -0.3 is 10.2 Å². The van der Waals surface area contributed by atoms with Crippen LogP contribution in [0, 0.1) is 11.8 Å². The molecule has 2 rings (SSSR count). The Morgan fingerprint density at radius 3 is 2.65 bits per heavy atom. The summed E-state index contributed by atoms with van der Waals surface area (Å²) in [5.74, 6) is -0.104. The molecule has 108 valence electrons. The number of fused-ring (bicyclic) bond motifs is 1. The Morgan fingerprint density at radius 2 is 2.00 bits per heavy atom. The molecule has 0 fully saturated rings. The van der Waals surface area contributed by atoms with Crippen LogP contribution in [0.15, 0.2) is 24.3 Å². The van der Waals surface area contributed by atoms with E-state index in [0.717, 1.165) is 24.2 Å². The maximum Gasteiger partial charge on any atom is 0.230 e. The third-order valence-corrected chi connectivity index (χ3v) is 3.96. The Bertz CT molecular complexity index is 509. The van der Waals surface area contributed by atoms with E-state index in [9.17, 15) is 9.59 Å². The lowest BCUT2D eigenvalue weighted by molar-refractivity contribution is -0.123. The number of para-hydroxylation sites is 2. The first-order chi connectivity index (χ1) is 9.58. The molecule has 0 unspecified atom stereocenters. The number of amides is 2. The van der Waals surface area contributed by atoms with Gasteiger partial charge in [0, 0.05) is 12.5 Å². The molecule has 4 heteroatoms. The fraction of sp³-hybridized carbons (Fsp3) is 0.500. The molecule has 0 bridgehead atoms. The van der Waals surface area contributed by atoms with Crippen molar-refractivity contribution in [2.24, 2.45) is 11.8 Å². The smallest absolute Gasteiger partial charge is 0.230 e. The van der Waals surface area contributed by atoms with E-state index in [1.165, 1.54) is 0 Å². The number of nitrogens with zero attached hydrogens (tertiary/aromatic N) is 1. The van der Waals surface area contributed by atoms with Gasteiger partial charge in [-0.25, -0.2) is 0 Å². The SMILES string of the molecule is CCC(CC)C(=O)N1C[C@@H](C)C(=O)Nc2ccccc21. The Balaban J connectivity index is 2.41. The molecule has 1 aromatic carbocycles. The average molecular weight is 274 g/mol. The van der Waals surface area contributed by atoms with Crippen LogP contribution in [0.5, 0.6) is 0 Å². The van der Waals surface area contributed by atoms with Gasteiger partial charge in [0.1, 0.15) is 0 Å². The molecule has 20 heavy (non-hydrogen) atoms. The highest BCUT2D eigenvalue weighted by Gasteiger charge is 2.30. The first-order valence-electron chi connectivity index (χ1n) is 7.29. The zero-order valence-corrected chi connectivity index (χ0v) is 12.3. The summed E-state index contributed by atoms with van der Waals surface area (Å²) in [7, 11) is 0. The van der Waals surface area contributed by atoms with Crippen LogP contribution in [0.25, 0.3) is 0 Å². The number of anilines is 2. The quantitative estimate of drug-likeness (QED) is 0.921. The fourth-order valence-corrected chi connectivity index (χ4v) is 2.59. The summed E-state index contributed by atoms with van der Waals surface area (Å²) in [4.78, 5) is 26.5. The van der Waals surface area contributed by atoms with Gasteiger partial charge >= 0.3 is 0 Å². The van der Waals surface area contributed by atoms with Crippen LogP contribution in [-0.4, -0.2) is 18.4 Å². The predicted molar refractivity (Wildman–Crippen MR) is 80.7 cm³/mol. The van der Waals surface area contributed by atoms with Gasteiger partial charge in [0.15, 0.2) is 0 Å². The summed E-state index contributed by atoms with van der Waals surface area (Å²) in [6.07, 6.45) is 1.65. The number of rotatable bonds is 3. The Kier molecular flexibility index (Phi) is 4.42. The number of benzene rings is 1. The second kappa shape index (κ2) is 6.07. The fourth-order valence-electron chi connectivity index (χ4n) is 2.59. The summed E-state index contributed by atoms with van der Waals surface area (Å²) in [5, 5.41) is 2.90. The second-order valence-corrected chi connectivity index (χ2v) is 5.37. The number of hydrogen-bond donors (Lipinski definition) is 1. The molecular formula is C16H22N2O2. The second-order valence-electron chi connectivity index (χ2n) is 5.37. The topological polar surface area (TPSA) is 49.4 Å². The van der Waals surface area contributed by atoms with E-state index in [0.29, 0.717) is 6.54 Å². The lowest BCUT2D eigenvalue weighted by Gasteiger charge is -2.27. The van der Waals surface area contributed by atoms with Crippen LogP contribution in [0.2, 0.25) is 0 Å². The summed E-state index contributed by atoms with van der Waals surface area (Å²) >= 11 is 0. The van der Waals surface area contributed by atoms with Crippen molar-refractivity contribution in [3.63, 3.8) is 0 Å². The Labute approximate surface area is 120 Å². The first kappa shape index (κ1) is 14.6. The zero-order valence-electron chi connectivity index (χ0n) is 12.3. The number of carbonyl (C=O) groups is 2. The van der Waals surface area contributed by atoms with Crippen molar-refractivity contribution in [3.8, 4) is 0 Å². The van der Waals surface area contributed by atoms with Crippen LogP contribution in [0.3, 0.4) is 0 Å². The average Bonchev–Trinajstić information content (AvgIpc) is 2.58. The van der Waals surface area contributed by atoms with Crippen LogP contribution < -0.4 is 10.2 Å². The minimum atomic E-state index is -0.208. The van der Waals surface area contributed by atoms with E-state index >= 15 is 0 Å². The lowest BCUT2D eigenvalue weighted by Crippen LogP contribution is -2.39. The summed E-state index contributed by atoms with van der Waals surface area (Å²) in [6, 6.07) is 7.51. The molecule has 0 aromatic heterocycles. The standard InChI is InChI=1S/C16H22N2O2/c1-4-12(5-2)16(20)18-10-11(3)15(19)17-13-8-6-7-9-14(13)18/h6-9,11-12H,4-5,10H2,1-3H3,(H,17,19)/t11-/m1/s1. The molecule has 1 heterocycles. The molecule has 0 saturated heterocycles. The third-order valence-electron chi connectivity index (χ3n) is 3.96. The van der Waals surface area contributed by atoms with Gasteiger partial charge in [-0.05, 0) is 25.0 Å². The Hall–Kier alpha value is -1.84. The van der Waals surface area contributed by atoms with Crippen LogP contribution in [0.1, 0.15) is 33.6 Å². The highest BCUT2D eigenvalue weighted by atomic mass is 16.2. The van der Waals surface area contributed by atoms with Gasteiger partial charge in [0.2, 0.25) is 11.8 Å². The minimum absolute atomic E-state index is 0.0171. The molecule has 0 radical (unpaired) electrons. The molecule has 1 aromatic rings. The molecule has 1 aliphatic heterocycles. The van der Waals surface area contributed by atoms with Gasteiger partial charge in [-0.2, -0.15) is 0 Å². The molecular weight excluding hydrogens is 252 g/mol. The summed E-state index contributed by atoms with van der Waals surface area (Å²) < 4.78 is 0. The van der Waals surface area contributed by atoms with Gasteiger partial charge in [0.05, 0.1) is 17.3 Å². The van der Waals surface area contributed by atoms with Crippen molar-refractivity contribution in [2.75, 3.05) is 16.8 Å². The van der Waals surface area contributed by atoms with Crippen LogP contribution in [-0.2, 0) is 9.59 Å². The summed E-state index contributed by atoms with van der Waals surface area (Å²) in [5.41, 5.74) is 1.53. The molecule has 0 spiro atoms. The van der Waals surface area contributed by atoms with Gasteiger partial charge in [-0.1, -0.05) is 32.9 Å². The zero-order chi connectivity index (χ0) is 14.7. The van der Waals surface area contributed by atoms with Crippen molar-refractivity contribution in [1.82, 2.24) is 0 Å². The van der Waals surface area contributed by atoms with Gasteiger partial charge in [-0.15, -0.1) is 0 Å². The molecule has 1 N–H and O–H groups in total. The maximum atomic E-state index is 12.7. The molecule has 2 amide bonds. The van der Waals surface area contributed by atoms with Crippen molar-refractivity contribution in [3.05, 3.63) is 24.3 Å². The molecule has 4 nitrogen and oxygen atoms in total. The molecule has 1 atom stereocenters. The number of carbonyl (C=O) groups excluding carboxylic acids is 2. The van der Waals surface area contributed by atoms with Crippen molar-refractivity contribution < 1.29 is 9.59 Å². The minimum Gasteiger partial charge on any atom is -0.324 e. The first-order valence-corrected chi connectivity index (χ1v) is 7.29.